The average Bonchev–Trinajstić information content (AvgIpc) is 2.76. The zero-order chi connectivity index (χ0) is 16.9. The van der Waals surface area contributed by atoms with Crippen LogP contribution in [0.2, 0.25) is 5.02 Å². The van der Waals surface area contributed by atoms with Crippen LogP contribution in [-0.4, -0.2) is 24.1 Å². The lowest BCUT2D eigenvalue weighted by Crippen LogP contribution is -2.25. The van der Waals surface area contributed by atoms with Gasteiger partial charge in [0, 0.05) is 11.5 Å². The van der Waals surface area contributed by atoms with Crippen molar-refractivity contribution in [1.82, 2.24) is 4.98 Å². The Morgan fingerprint density at radius 2 is 1.77 bits per heavy atom. The number of carbonyl (C=O) groups is 1. The molecule has 1 heterocycles. The summed E-state index contributed by atoms with van der Waals surface area (Å²) in [7, 11) is 1.15. The fourth-order valence-corrected chi connectivity index (χ4v) is 2.19. The van der Waals surface area contributed by atoms with Crippen molar-refractivity contribution >= 4 is 28.3 Å². The van der Waals surface area contributed by atoms with E-state index in [1.807, 2.05) is 0 Å². The van der Waals surface area contributed by atoms with Gasteiger partial charge in [0.05, 0.1) is 23.2 Å². The Bertz CT molecular complexity index is 747. The smallest absolute Gasteiger partial charge is 0.454 e. The molecule has 1 N–H and O–H groups in total. The SMILES string of the molecule is COc1cc(Cl)c2[nH]c(C(F)(F)F)c(C(=O)C(F)(F)F)c2c1. The highest BCUT2D eigenvalue weighted by atomic mass is 35.5. The van der Waals surface area contributed by atoms with E-state index in [4.69, 9.17) is 16.3 Å². The first-order chi connectivity index (χ1) is 9.96. The summed E-state index contributed by atoms with van der Waals surface area (Å²) in [6, 6.07) is 1.99. The third kappa shape index (κ3) is 2.72. The summed E-state index contributed by atoms with van der Waals surface area (Å²) in [6.45, 7) is 0. The largest absolute Gasteiger partial charge is 0.497 e. The standard InChI is InChI=1S/C12H6ClF6NO2/c1-22-4-2-5-7(10(21)12(17,18)19)9(11(14,15)16)20-8(5)6(13)3-4/h2-3,20H,1H3. The molecule has 1 aromatic carbocycles. The molecule has 10 heteroatoms. The number of hydrogen-bond acceptors (Lipinski definition) is 2. The summed E-state index contributed by atoms with van der Waals surface area (Å²) in [4.78, 5) is 13.1. The highest BCUT2D eigenvalue weighted by molar-refractivity contribution is 6.36. The van der Waals surface area contributed by atoms with Gasteiger partial charge in [-0.2, -0.15) is 26.3 Å². The van der Waals surface area contributed by atoms with Crippen molar-refractivity contribution in [3.05, 3.63) is 28.4 Å². The molecule has 0 unspecified atom stereocenters. The van der Waals surface area contributed by atoms with E-state index in [9.17, 15) is 31.1 Å². The number of methoxy groups -OCH3 is 1. The van der Waals surface area contributed by atoms with Gasteiger partial charge in [0.2, 0.25) is 0 Å². The maximum atomic E-state index is 12.9. The van der Waals surface area contributed by atoms with Crippen molar-refractivity contribution in [3.8, 4) is 5.75 Å². The summed E-state index contributed by atoms with van der Waals surface area (Å²) in [6.07, 6.45) is -10.7. The maximum absolute atomic E-state index is 12.9. The molecule has 0 amide bonds. The topological polar surface area (TPSA) is 42.1 Å². The molecule has 0 atom stereocenters. The molecular weight excluding hydrogens is 340 g/mol. The molecule has 2 aromatic rings. The third-order valence-corrected chi connectivity index (χ3v) is 3.13. The lowest BCUT2D eigenvalue weighted by Gasteiger charge is -2.09. The number of ether oxygens (including phenoxy) is 1. The van der Waals surface area contributed by atoms with Crippen molar-refractivity contribution in [1.29, 1.82) is 0 Å². The van der Waals surface area contributed by atoms with Crippen LogP contribution in [-0.2, 0) is 6.18 Å². The Hall–Kier alpha value is -1.90. The number of benzene rings is 1. The molecule has 0 saturated carbocycles. The summed E-state index contributed by atoms with van der Waals surface area (Å²) in [5.41, 5.74) is -3.77. The van der Waals surface area contributed by atoms with Crippen molar-refractivity contribution in [3.63, 3.8) is 0 Å². The van der Waals surface area contributed by atoms with Crippen LogP contribution in [0, 0.1) is 0 Å². The van der Waals surface area contributed by atoms with E-state index in [0.717, 1.165) is 19.2 Å². The monoisotopic (exact) mass is 345 g/mol. The average molecular weight is 346 g/mol. The van der Waals surface area contributed by atoms with Gasteiger partial charge in [0.15, 0.2) is 0 Å². The minimum atomic E-state index is -5.47. The molecule has 120 valence electrons. The van der Waals surface area contributed by atoms with E-state index in [-0.39, 0.29) is 10.8 Å². The summed E-state index contributed by atoms with van der Waals surface area (Å²) in [5, 5.41) is -0.917. The molecule has 0 radical (unpaired) electrons. The Morgan fingerprint density at radius 3 is 2.23 bits per heavy atom. The van der Waals surface area contributed by atoms with Gasteiger partial charge in [-0.3, -0.25) is 4.79 Å². The van der Waals surface area contributed by atoms with Gasteiger partial charge in [-0.25, -0.2) is 0 Å². The Balaban J connectivity index is 2.90. The number of H-pyrrole nitrogens is 1. The lowest BCUT2D eigenvalue weighted by atomic mass is 10.1. The number of carbonyl (C=O) groups excluding carboxylic acids is 1. The number of fused-ring (bicyclic) bond motifs is 1. The molecular formula is C12H6ClF6NO2. The van der Waals surface area contributed by atoms with Crippen LogP contribution in [0.5, 0.6) is 5.75 Å². The number of hydrogen-bond donors (Lipinski definition) is 1. The normalized spacial score (nSPS) is 12.7. The first-order valence-corrected chi connectivity index (χ1v) is 5.92. The molecule has 22 heavy (non-hydrogen) atoms. The summed E-state index contributed by atoms with van der Waals surface area (Å²) < 4.78 is 81.3. The van der Waals surface area contributed by atoms with Crippen molar-refractivity contribution in [2.24, 2.45) is 0 Å². The zero-order valence-corrected chi connectivity index (χ0v) is 11.4. The van der Waals surface area contributed by atoms with Gasteiger partial charge in [0.1, 0.15) is 11.4 Å². The molecule has 0 bridgehead atoms. The van der Waals surface area contributed by atoms with Crippen LogP contribution < -0.4 is 4.74 Å². The quantitative estimate of drug-likeness (QED) is 0.639. The van der Waals surface area contributed by atoms with E-state index >= 15 is 0 Å². The van der Waals surface area contributed by atoms with E-state index in [1.54, 1.807) is 4.98 Å². The Labute approximate surface area is 123 Å². The molecule has 0 spiro atoms. The number of alkyl halides is 6. The second-order valence-corrected chi connectivity index (χ2v) is 4.64. The van der Waals surface area contributed by atoms with Gasteiger partial charge < -0.3 is 9.72 Å². The van der Waals surface area contributed by atoms with Crippen LogP contribution in [0.15, 0.2) is 12.1 Å². The predicted molar refractivity (Wildman–Crippen MR) is 65.2 cm³/mol. The third-order valence-electron chi connectivity index (χ3n) is 2.84. The fourth-order valence-electron chi connectivity index (χ4n) is 1.94. The van der Waals surface area contributed by atoms with Gasteiger partial charge >= 0.3 is 12.4 Å². The van der Waals surface area contributed by atoms with Crippen molar-refractivity contribution < 1.29 is 35.9 Å². The minimum absolute atomic E-state index is 0.0820. The second-order valence-electron chi connectivity index (χ2n) is 4.23. The van der Waals surface area contributed by atoms with Crippen LogP contribution in [0.4, 0.5) is 26.3 Å². The lowest BCUT2D eigenvalue weighted by molar-refractivity contribution is -0.141. The van der Waals surface area contributed by atoms with Gasteiger partial charge in [-0.1, -0.05) is 11.6 Å². The van der Waals surface area contributed by atoms with E-state index in [2.05, 4.69) is 0 Å². The van der Waals surface area contributed by atoms with E-state index in [1.165, 1.54) is 0 Å². The van der Waals surface area contributed by atoms with E-state index < -0.39 is 40.3 Å². The molecule has 0 aliphatic carbocycles. The molecule has 3 nitrogen and oxygen atoms in total. The second kappa shape index (κ2) is 5.08. The van der Waals surface area contributed by atoms with Crippen LogP contribution in [0.25, 0.3) is 10.9 Å². The summed E-state index contributed by atoms with van der Waals surface area (Å²) >= 11 is 5.72. The molecule has 0 aliphatic heterocycles. The fraction of sp³-hybridized carbons (Fsp3) is 0.250. The van der Waals surface area contributed by atoms with Crippen molar-refractivity contribution in [2.75, 3.05) is 7.11 Å². The van der Waals surface area contributed by atoms with Gasteiger partial charge in [-0.05, 0) is 6.07 Å². The molecule has 0 saturated heterocycles. The first-order valence-electron chi connectivity index (χ1n) is 5.54. The molecule has 0 aliphatic rings. The van der Waals surface area contributed by atoms with Gasteiger partial charge in [0.25, 0.3) is 5.78 Å². The Kier molecular flexibility index (Phi) is 3.80. The number of aromatic nitrogens is 1. The zero-order valence-electron chi connectivity index (χ0n) is 10.6. The van der Waals surface area contributed by atoms with Crippen LogP contribution in [0.1, 0.15) is 16.1 Å². The molecule has 2 rings (SSSR count). The Morgan fingerprint density at radius 1 is 1.18 bits per heavy atom. The molecule has 1 aromatic heterocycles. The van der Waals surface area contributed by atoms with Crippen LogP contribution in [0.3, 0.4) is 0 Å². The summed E-state index contributed by atoms with van der Waals surface area (Å²) in [5.74, 6) is -2.70. The maximum Gasteiger partial charge on any atom is 0.454 e. The number of nitrogens with one attached hydrogen (secondary N) is 1. The first kappa shape index (κ1) is 16.5. The molecule has 0 fully saturated rings. The number of aromatic amines is 1. The predicted octanol–water partition coefficient (Wildman–Crippen LogP) is 4.59. The number of ketones is 1. The number of Topliss-reactive ketones (excluding diaryl/α,β-unsaturated/α-hetero) is 1. The highest BCUT2D eigenvalue weighted by Gasteiger charge is 2.47. The highest BCUT2D eigenvalue weighted by Crippen LogP contribution is 2.41. The number of halogens is 7. The van der Waals surface area contributed by atoms with Crippen LogP contribution >= 0.6 is 11.6 Å². The number of rotatable bonds is 2. The minimum Gasteiger partial charge on any atom is -0.497 e. The van der Waals surface area contributed by atoms with Gasteiger partial charge in [-0.15, -0.1) is 0 Å². The van der Waals surface area contributed by atoms with E-state index in [0.29, 0.717) is 0 Å². The van der Waals surface area contributed by atoms with Crippen molar-refractivity contribution in [2.45, 2.75) is 12.4 Å².